The third kappa shape index (κ3) is 6.73. The highest BCUT2D eigenvalue weighted by Crippen LogP contribution is 2.30. The maximum absolute atomic E-state index is 10.9. The molecule has 3 aliphatic heterocycles. The first-order valence-electron chi connectivity index (χ1n) is 11.8. The van der Waals surface area contributed by atoms with Crippen molar-refractivity contribution < 1.29 is 79.5 Å². The summed E-state index contributed by atoms with van der Waals surface area (Å²) in [4.78, 5) is 0. The smallest absolute Gasteiger partial charge is 0.187 e. The van der Waals surface area contributed by atoms with Crippen molar-refractivity contribution >= 4 is 0 Å². The average Bonchev–Trinajstić information content (AvgIpc) is 2.89. The Bertz CT molecular complexity index is 689. The van der Waals surface area contributed by atoms with Crippen LogP contribution in [0.2, 0.25) is 0 Å². The standard InChI is InChI=1S/C20H37NO16/c21-1-2-32-19-16(31)17(37-20-15(30)13(28)10(25)7(4-23)35-20)11(26)8(36-19)5-33-18-14(29)12(27)9(24)6(3-22)34-18/h6-20,22-31H,1-5,21H2/t6-,7-,8-,9-,10-,11-,12+,13+,14+,15+,16+,17+,18+,19-,20-/m1/s1. The van der Waals surface area contributed by atoms with E-state index in [2.05, 4.69) is 0 Å². The van der Waals surface area contributed by atoms with Crippen molar-refractivity contribution in [2.75, 3.05) is 33.0 Å². The number of rotatable bonds is 10. The molecule has 0 aromatic rings. The van der Waals surface area contributed by atoms with Crippen molar-refractivity contribution in [3.63, 3.8) is 0 Å². The van der Waals surface area contributed by atoms with Crippen LogP contribution in [0.25, 0.3) is 0 Å². The summed E-state index contributed by atoms with van der Waals surface area (Å²) in [5, 5.41) is 101. The van der Waals surface area contributed by atoms with Gasteiger partial charge in [-0.15, -0.1) is 0 Å². The molecule has 3 aliphatic rings. The Hall–Kier alpha value is -0.680. The number of nitrogens with two attached hydrogens (primary N) is 1. The van der Waals surface area contributed by atoms with Crippen molar-refractivity contribution in [3.8, 4) is 0 Å². The van der Waals surface area contributed by atoms with E-state index < -0.39 is 112 Å². The second-order valence-electron chi connectivity index (χ2n) is 9.01. The van der Waals surface area contributed by atoms with Gasteiger partial charge in [-0.2, -0.15) is 0 Å². The molecule has 0 bridgehead atoms. The van der Waals surface area contributed by atoms with Gasteiger partial charge in [0.2, 0.25) is 0 Å². The van der Waals surface area contributed by atoms with E-state index in [0.29, 0.717) is 0 Å². The molecule has 15 atom stereocenters. The van der Waals surface area contributed by atoms with Gasteiger partial charge in [-0.3, -0.25) is 0 Å². The summed E-state index contributed by atoms with van der Waals surface area (Å²) in [6.45, 7) is -2.01. The predicted octanol–water partition coefficient (Wildman–Crippen LogP) is -7.59. The summed E-state index contributed by atoms with van der Waals surface area (Å²) in [5.41, 5.74) is 5.43. The van der Waals surface area contributed by atoms with Gasteiger partial charge in [-0.05, 0) is 0 Å². The van der Waals surface area contributed by atoms with Crippen LogP contribution in [0.3, 0.4) is 0 Å². The fourth-order valence-corrected chi connectivity index (χ4v) is 4.25. The molecule has 3 fully saturated rings. The van der Waals surface area contributed by atoms with Crippen LogP contribution in [0.5, 0.6) is 0 Å². The van der Waals surface area contributed by atoms with Gasteiger partial charge in [0.15, 0.2) is 18.9 Å². The van der Waals surface area contributed by atoms with Crippen LogP contribution in [0.15, 0.2) is 0 Å². The van der Waals surface area contributed by atoms with Crippen molar-refractivity contribution in [1.29, 1.82) is 0 Å². The molecule has 17 heteroatoms. The molecule has 0 aliphatic carbocycles. The highest BCUT2D eigenvalue weighted by molar-refractivity contribution is 4.95. The average molecular weight is 548 g/mol. The molecule has 0 aromatic heterocycles. The molecular weight excluding hydrogens is 510 g/mol. The zero-order valence-electron chi connectivity index (χ0n) is 19.7. The third-order valence-corrected chi connectivity index (χ3v) is 6.45. The third-order valence-electron chi connectivity index (χ3n) is 6.45. The van der Waals surface area contributed by atoms with Crippen LogP contribution in [0, 0.1) is 0 Å². The minimum Gasteiger partial charge on any atom is -0.394 e. The lowest BCUT2D eigenvalue weighted by Gasteiger charge is -2.46. The first-order chi connectivity index (χ1) is 17.5. The number of hydrogen-bond donors (Lipinski definition) is 11. The van der Waals surface area contributed by atoms with Crippen LogP contribution in [0.4, 0.5) is 0 Å². The molecule has 3 rings (SSSR count). The van der Waals surface area contributed by atoms with E-state index in [-0.39, 0.29) is 13.2 Å². The van der Waals surface area contributed by atoms with Gasteiger partial charge in [0.25, 0.3) is 0 Å². The molecule has 3 heterocycles. The lowest BCUT2D eigenvalue weighted by atomic mass is 9.96. The predicted molar refractivity (Wildman–Crippen MR) is 114 cm³/mol. The quantitative estimate of drug-likeness (QED) is 0.121. The summed E-state index contributed by atoms with van der Waals surface area (Å²) in [6.07, 6.45) is -23.9. The van der Waals surface area contributed by atoms with E-state index >= 15 is 0 Å². The van der Waals surface area contributed by atoms with E-state index in [4.69, 9.17) is 34.2 Å². The molecule has 0 unspecified atom stereocenters. The van der Waals surface area contributed by atoms with Crippen molar-refractivity contribution in [2.24, 2.45) is 5.73 Å². The summed E-state index contributed by atoms with van der Waals surface area (Å²) in [6, 6.07) is 0. The summed E-state index contributed by atoms with van der Waals surface area (Å²) in [7, 11) is 0. The Morgan fingerprint density at radius 1 is 0.541 bits per heavy atom. The highest BCUT2D eigenvalue weighted by atomic mass is 16.7. The van der Waals surface area contributed by atoms with Crippen molar-refractivity contribution in [3.05, 3.63) is 0 Å². The second-order valence-corrected chi connectivity index (χ2v) is 9.01. The van der Waals surface area contributed by atoms with Crippen LogP contribution in [0.1, 0.15) is 0 Å². The van der Waals surface area contributed by atoms with E-state index in [9.17, 15) is 51.1 Å². The van der Waals surface area contributed by atoms with E-state index in [1.807, 2.05) is 0 Å². The van der Waals surface area contributed by atoms with Crippen LogP contribution in [-0.4, -0.2) is 176 Å². The Kier molecular flexibility index (Phi) is 11.3. The molecule has 17 nitrogen and oxygen atoms in total. The second kappa shape index (κ2) is 13.6. The maximum atomic E-state index is 10.9. The SMILES string of the molecule is NCCO[C@@H]1O[C@H](CO[C@H]2O[C@H](CO)[C@@H](O)[C@H](O)[C@@H]2O)[C@@H](O)[C@H](O[C@H]2O[C@H](CO)[C@@H](O)[C@H](O)[C@@H]2O)[C@@H]1O. The van der Waals surface area contributed by atoms with E-state index in [0.717, 1.165) is 0 Å². The van der Waals surface area contributed by atoms with Crippen molar-refractivity contribution in [1.82, 2.24) is 0 Å². The lowest BCUT2D eigenvalue weighted by molar-refractivity contribution is -0.365. The number of hydrogen-bond acceptors (Lipinski definition) is 17. The normalized spacial score (nSPS) is 49.2. The minimum absolute atomic E-state index is 0.0411. The van der Waals surface area contributed by atoms with Gasteiger partial charge in [0.1, 0.15) is 73.2 Å². The molecule has 0 radical (unpaired) electrons. The van der Waals surface area contributed by atoms with Gasteiger partial charge in [-0.25, -0.2) is 0 Å². The lowest BCUT2D eigenvalue weighted by Crippen LogP contribution is -2.65. The van der Waals surface area contributed by atoms with Crippen LogP contribution in [-0.2, 0) is 28.4 Å². The van der Waals surface area contributed by atoms with Gasteiger partial charge in [0, 0.05) is 6.54 Å². The largest absolute Gasteiger partial charge is 0.394 e. The fourth-order valence-electron chi connectivity index (χ4n) is 4.25. The van der Waals surface area contributed by atoms with E-state index in [1.54, 1.807) is 0 Å². The van der Waals surface area contributed by atoms with Gasteiger partial charge < -0.3 is 85.2 Å². The molecule has 12 N–H and O–H groups in total. The van der Waals surface area contributed by atoms with E-state index in [1.165, 1.54) is 0 Å². The summed E-state index contributed by atoms with van der Waals surface area (Å²) in [5.74, 6) is 0. The molecule has 0 spiro atoms. The molecule has 0 aromatic carbocycles. The van der Waals surface area contributed by atoms with Crippen LogP contribution >= 0.6 is 0 Å². The van der Waals surface area contributed by atoms with Crippen molar-refractivity contribution in [2.45, 2.75) is 92.1 Å². The molecule has 37 heavy (non-hydrogen) atoms. The van der Waals surface area contributed by atoms with Gasteiger partial charge in [-0.1, -0.05) is 0 Å². The maximum Gasteiger partial charge on any atom is 0.187 e. The first kappa shape index (κ1) is 30.9. The topological polar surface area (TPSA) is 284 Å². The molecule has 0 amide bonds. The fraction of sp³-hybridized carbons (Fsp3) is 1.00. The Morgan fingerprint density at radius 3 is 1.57 bits per heavy atom. The number of aliphatic hydroxyl groups is 10. The minimum atomic E-state index is -1.83. The molecule has 218 valence electrons. The zero-order valence-corrected chi connectivity index (χ0v) is 19.7. The van der Waals surface area contributed by atoms with Crippen LogP contribution < -0.4 is 5.73 Å². The summed E-state index contributed by atoms with van der Waals surface area (Å²) < 4.78 is 32.4. The Morgan fingerprint density at radius 2 is 1.03 bits per heavy atom. The summed E-state index contributed by atoms with van der Waals surface area (Å²) >= 11 is 0. The van der Waals surface area contributed by atoms with Gasteiger partial charge >= 0.3 is 0 Å². The molecule has 3 saturated heterocycles. The Balaban J connectivity index is 1.73. The Labute approximate surface area is 211 Å². The molecule has 0 saturated carbocycles. The zero-order chi connectivity index (χ0) is 27.4. The number of ether oxygens (including phenoxy) is 6. The monoisotopic (exact) mass is 547 g/mol. The number of aliphatic hydroxyl groups excluding tert-OH is 10. The first-order valence-corrected chi connectivity index (χ1v) is 11.8. The van der Waals surface area contributed by atoms with Gasteiger partial charge in [0.05, 0.1) is 26.4 Å². The highest BCUT2D eigenvalue weighted by Gasteiger charge is 2.52. The molecular formula is C20H37NO16.